The van der Waals surface area contributed by atoms with Gasteiger partial charge in [0.05, 0.1) is 0 Å². The highest BCUT2D eigenvalue weighted by atomic mass is 16.5. The van der Waals surface area contributed by atoms with E-state index in [9.17, 15) is 19.6 Å². The quantitative estimate of drug-likeness (QED) is 0.491. The number of alkyl carbamates (subject to hydrolysis) is 1. The first-order chi connectivity index (χ1) is 10.9. The van der Waals surface area contributed by atoms with Crippen LogP contribution in [0, 0.1) is 0 Å². The van der Waals surface area contributed by atoms with Crippen LogP contribution in [0.1, 0.15) is 25.3 Å². The number of hydrogen-bond acceptors (Lipinski definition) is 5. The van der Waals surface area contributed by atoms with Crippen molar-refractivity contribution in [1.29, 1.82) is 0 Å². The molecule has 126 valence electrons. The second-order valence-electron chi connectivity index (χ2n) is 4.88. The number of nitrogens with zero attached hydrogens (tertiary/aromatic N) is 1. The summed E-state index contributed by atoms with van der Waals surface area (Å²) in [5.41, 5.74) is 0.784. The number of hydroxylamine groups is 2. The average Bonchev–Trinajstić information content (AvgIpc) is 2.52. The Morgan fingerprint density at radius 1 is 1.26 bits per heavy atom. The van der Waals surface area contributed by atoms with E-state index in [1.807, 2.05) is 6.07 Å². The van der Waals surface area contributed by atoms with Crippen LogP contribution >= 0.6 is 0 Å². The first-order valence-electron chi connectivity index (χ1n) is 7.07. The van der Waals surface area contributed by atoms with Crippen molar-refractivity contribution in [3.05, 3.63) is 35.9 Å². The Labute approximate surface area is 133 Å². The van der Waals surface area contributed by atoms with Crippen molar-refractivity contribution in [2.45, 2.75) is 32.4 Å². The van der Waals surface area contributed by atoms with Gasteiger partial charge in [-0.3, -0.25) is 10.0 Å². The molecule has 1 aromatic carbocycles. The van der Waals surface area contributed by atoms with Crippen molar-refractivity contribution in [3.8, 4) is 0 Å². The number of ether oxygens (including phenoxy) is 1. The zero-order valence-electron chi connectivity index (χ0n) is 12.8. The second kappa shape index (κ2) is 9.42. The molecule has 2 amide bonds. The van der Waals surface area contributed by atoms with Crippen molar-refractivity contribution in [2.75, 3.05) is 6.54 Å². The summed E-state index contributed by atoms with van der Waals surface area (Å²) in [5, 5.41) is 21.0. The Hall–Kier alpha value is -2.61. The molecule has 0 saturated heterocycles. The molecule has 1 rings (SSSR count). The molecule has 1 atom stereocenters. The SMILES string of the molecule is CC(=O)N(O)CCC[C@H](NC(=O)OCc1ccccc1)C(=O)O. The maximum absolute atomic E-state index is 11.6. The highest BCUT2D eigenvalue weighted by molar-refractivity contribution is 5.79. The molecule has 0 radical (unpaired) electrons. The van der Waals surface area contributed by atoms with E-state index in [2.05, 4.69) is 5.32 Å². The predicted octanol–water partition coefficient (Wildman–Crippen LogP) is 1.38. The summed E-state index contributed by atoms with van der Waals surface area (Å²) >= 11 is 0. The van der Waals surface area contributed by atoms with Gasteiger partial charge in [-0.25, -0.2) is 14.7 Å². The molecule has 8 nitrogen and oxygen atoms in total. The lowest BCUT2D eigenvalue weighted by atomic mass is 10.1. The summed E-state index contributed by atoms with van der Waals surface area (Å²) in [6.45, 7) is 1.21. The summed E-state index contributed by atoms with van der Waals surface area (Å²) in [7, 11) is 0. The zero-order valence-corrected chi connectivity index (χ0v) is 12.8. The van der Waals surface area contributed by atoms with Gasteiger partial charge in [-0.2, -0.15) is 0 Å². The van der Waals surface area contributed by atoms with Crippen molar-refractivity contribution >= 4 is 18.0 Å². The van der Waals surface area contributed by atoms with Crippen LogP contribution in [0.3, 0.4) is 0 Å². The number of nitrogens with one attached hydrogen (secondary N) is 1. The van der Waals surface area contributed by atoms with Crippen LogP contribution < -0.4 is 5.32 Å². The van der Waals surface area contributed by atoms with Gasteiger partial charge >= 0.3 is 12.1 Å². The number of carbonyl (C=O) groups is 3. The largest absolute Gasteiger partial charge is 0.480 e. The van der Waals surface area contributed by atoms with Crippen molar-refractivity contribution in [3.63, 3.8) is 0 Å². The van der Waals surface area contributed by atoms with Gasteiger partial charge < -0.3 is 15.2 Å². The summed E-state index contributed by atoms with van der Waals surface area (Å²) in [5.74, 6) is -1.75. The summed E-state index contributed by atoms with van der Waals surface area (Å²) in [6.07, 6.45) is -0.569. The van der Waals surface area contributed by atoms with E-state index >= 15 is 0 Å². The third kappa shape index (κ3) is 7.28. The number of carbonyl (C=O) groups excluding carboxylic acids is 2. The lowest BCUT2D eigenvalue weighted by Crippen LogP contribution is -2.41. The smallest absolute Gasteiger partial charge is 0.408 e. The zero-order chi connectivity index (χ0) is 17.2. The van der Waals surface area contributed by atoms with Gasteiger partial charge in [0, 0.05) is 13.5 Å². The number of benzene rings is 1. The van der Waals surface area contributed by atoms with Crippen LogP contribution in [0.2, 0.25) is 0 Å². The van der Waals surface area contributed by atoms with Gasteiger partial charge in [0.1, 0.15) is 12.6 Å². The molecule has 0 aliphatic heterocycles. The molecule has 0 aliphatic carbocycles. The topological polar surface area (TPSA) is 116 Å². The van der Waals surface area contributed by atoms with Crippen LogP contribution in [0.5, 0.6) is 0 Å². The molecule has 1 aromatic rings. The van der Waals surface area contributed by atoms with E-state index in [4.69, 9.17) is 9.84 Å². The van der Waals surface area contributed by atoms with E-state index in [-0.39, 0.29) is 26.0 Å². The minimum Gasteiger partial charge on any atom is -0.480 e. The molecule has 23 heavy (non-hydrogen) atoms. The van der Waals surface area contributed by atoms with Gasteiger partial charge in [0.15, 0.2) is 0 Å². The highest BCUT2D eigenvalue weighted by Gasteiger charge is 2.20. The first kappa shape index (κ1) is 18.4. The molecule has 3 N–H and O–H groups in total. The van der Waals surface area contributed by atoms with Crippen molar-refractivity contribution < 1.29 is 29.4 Å². The highest BCUT2D eigenvalue weighted by Crippen LogP contribution is 2.03. The van der Waals surface area contributed by atoms with E-state index in [1.54, 1.807) is 24.3 Å². The number of carboxylic acids is 1. The van der Waals surface area contributed by atoms with E-state index in [1.165, 1.54) is 6.92 Å². The molecule has 8 heteroatoms. The van der Waals surface area contributed by atoms with Crippen LogP contribution in [0.4, 0.5) is 4.79 Å². The first-order valence-corrected chi connectivity index (χ1v) is 7.07. The van der Waals surface area contributed by atoms with E-state index < -0.39 is 24.0 Å². The molecule has 0 fully saturated rings. The molecule has 0 unspecified atom stereocenters. The minimum atomic E-state index is -1.21. The maximum Gasteiger partial charge on any atom is 0.408 e. The second-order valence-corrected chi connectivity index (χ2v) is 4.88. The van der Waals surface area contributed by atoms with Gasteiger partial charge in [0.25, 0.3) is 0 Å². The lowest BCUT2D eigenvalue weighted by Gasteiger charge is -2.16. The monoisotopic (exact) mass is 324 g/mol. The van der Waals surface area contributed by atoms with Gasteiger partial charge in [-0.1, -0.05) is 30.3 Å². The molecule has 0 bridgehead atoms. The average molecular weight is 324 g/mol. The number of rotatable bonds is 8. The molecular weight excluding hydrogens is 304 g/mol. The summed E-state index contributed by atoms with van der Waals surface area (Å²) < 4.78 is 4.95. The van der Waals surface area contributed by atoms with Crippen LogP contribution in [0.25, 0.3) is 0 Å². The van der Waals surface area contributed by atoms with E-state index in [0.29, 0.717) is 5.06 Å². The van der Waals surface area contributed by atoms with Crippen molar-refractivity contribution in [2.24, 2.45) is 0 Å². The molecule has 0 aliphatic rings. The van der Waals surface area contributed by atoms with Gasteiger partial charge in [0.2, 0.25) is 5.91 Å². The molecule has 0 saturated carbocycles. The third-order valence-electron chi connectivity index (χ3n) is 3.03. The van der Waals surface area contributed by atoms with Gasteiger partial charge in [-0.05, 0) is 18.4 Å². The molecule has 0 spiro atoms. The minimum absolute atomic E-state index is 0.0140. The number of hydrogen-bond donors (Lipinski definition) is 3. The predicted molar refractivity (Wildman–Crippen MR) is 79.6 cm³/mol. The molecular formula is C15H20N2O6. The number of aliphatic carboxylic acids is 1. The standard InChI is InChI=1S/C15H20N2O6/c1-11(18)17(22)9-5-8-13(14(19)20)16-15(21)23-10-12-6-3-2-4-7-12/h2-4,6-7,13,22H,5,8-10H2,1H3,(H,16,21)(H,19,20)/t13-/m0/s1. The van der Waals surface area contributed by atoms with Crippen LogP contribution in [-0.4, -0.2) is 45.9 Å². The lowest BCUT2D eigenvalue weighted by molar-refractivity contribution is -0.162. The maximum atomic E-state index is 11.6. The molecule has 0 aromatic heterocycles. The van der Waals surface area contributed by atoms with Crippen LogP contribution in [0.15, 0.2) is 30.3 Å². The Morgan fingerprint density at radius 2 is 1.91 bits per heavy atom. The summed E-state index contributed by atoms with van der Waals surface area (Å²) in [4.78, 5) is 33.6. The van der Waals surface area contributed by atoms with Crippen LogP contribution in [-0.2, 0) is 20.9 Å². The Bertz CT molecular complexity index is 534. The summed E-state index contributed by atoms with van der Waals surface area (Å²) in [6, 6.07) is 7.83. The normalized spacial score (nSPS) is 11.4. The Balaban J connectivity index is 2.38. The number of carboxylic acid groups (broad SMARTS) is 1. The Kier molecular flexibility index (Phi) is 7.55. The van der Waals surface area contributed by atoms with Crippen molar-refractivity contribution in [1.82, 2.24) is 10.4 Å². The molecule has 0 heterocycles. The third-order valence-corrected chi connectivity index (χ3v) is 3.03. The Morgan fingerprint density at radius 3 is 2.48 bits per heavy atom. The van der Waals surface area contributed by atoms with E-state index in [0.717, 1.165) is 5.56 Å². The number of amides is 2. The van der Waals surface area contributed by atoms with Gasteiger partial charge in [-0.15, -0.1) is 0 Å². The fourth-order valence-electron chi connectivity index (χ4n) is 1.77. The fourth-order valence-corrected chi connectivity index (χ4v) is 1.77. The fraction of sp³-hybridized carbons (Fsp3) is 0.400.